The number of H-pyrrole nitrogens is 1. The Labute approximate surface area is 165 Å². The number of hydrogen-bond donors (Lipinski definition) is 1. The molecule has 5 heteroatoms. The SMILES string of the molecule is COC(=O)c1cccc(Cc2c(-c3ccccc3)[nH]c3cc(Br)ccc23)n1. The number of aromatic nitrogens is 2. The van der Waals surface area contributed by atoms with Crippen LogP contribution in [0, 0.1) is 0 Å². The molecule has 2 aromatic heterocycles. The summed E-state index contributed by atoms with van der Waals surface area (Å²) in [6, 6.07) is 21.9. The number of ether oxygens (including phenoxy) is 1. The standard InChI is InChI=1S/C22H17BrN2O2/c1-27-22(26)19-9-5-8-16(24-19)13-18-17-11-10-15(23)12-20(17)25-21(18)14-6-3-2-4-7-14/h2-12,25H,13H2,1H3. The van der Waals surface area contributed by atoms with Crippen molar-refractivity contribution in [2.24, 2.45) is 0 Å². The summed E-state index contributed by atoms with van der Waals surface area (Å²) in [5.41, 5.74) is 5.52. The van der Waals surface area contributed by atoms with E-state index in [0.29, 0.717) is 12.1 Å². The van der Waals surface area contributed by atoms with Crippen LogP contribution in [0.3, 0.4) is 0 Å². The van der Waals surface area contributed by atoms with Gasteiger partial charge in [0.25, 0.3) is 0 Å². The second-order valence-electron chi connectivity index (χ2n) is 6.22. The van der Waals surface area contributed by atoms with E-state index < -0.39 is 5.97 Å². The highest BCUT2D eigenvalue weighted by molar-refractivity contribution is 9.10. The van der Waals surface area contributed by atoms with Crippen molar-refractivity contribution in [2.45, 2.75) is 6.42 Å². The fourth-order valence-corrected chi connectivity index (χ4v) is 3.60. The highest BCUT2D eigenvalue weighted by atomic mass is 79.9. The van der Waals surface area contributed by atoms with Crippen molar-refractivity contribution in [1.82, 2.24) is 9.97 Å². The molecule has 1 N–H and O–H groups in total. The van der Waals surface area contributed by atoms with Gasteiger partial charge in [0, 0.05) is 27.5 Å². The van der Waals surface area contributed by atoms with E-state index in [0.717, 1.165) is 37.9 Å². The van der Waals surface area contributed by atoms with E-state index in [1.807, 2.05) is 36.4 Å². The molecule has 0 aliphatic carbocycles. The number of benzene rings is 2. The maximum absolute atomic E-state index is 11.8. The minimum absolute atomic E-state index is 0.318. The van der Waals surface area contributed by atoms with E-state index in [2.05, 4.69) is 50.2 Å². The van der Waals surface area contributed by atoms with Crippen LogP contribution < -0.4 is 0 Å². The number of carbonyl (C=O) groups is 1. The summed E-state index contributed by atoms with van der Waals surface area (Å²) in [4.78, 5) is 19.8. The van der Waals surface area contributed by atoms with Crippen LogP contribution in [0.2, 0.25) is 0 Å². The molecule has 27 heavy (non-hydrogen) atoms. The van der Waals surface area contributed by atoms with Gasteiger partial charge in [-0.15, -0.1) is 0 Å². The molecule has 0 amide bonds. The molecule has 0 fully saturated rings. The summed E-state index contributed by atoms with van der Waals surface area (Å²) in [7, 11) is 1.36. The number of aromatic amines is 1. The number of halogens is 1. The quantitative estimate of drug-likeness (QED) is 0.451. The second kappa shape index (κ2) is 7.37. The van der Waals surface area contributed by atoms with Crippen molar-refractivity contribution in [1.29, 1.82) is 0 Å². The average Bonchev–Trinajstić information content (AvgIpc) is 3.05. The zero-order valence-electron chi connectivity index (χ0n) is 14.7. The third kappa shape index (κ3) is 3.51. The molecule has 2 heterocycles. The Morgan fingerprint density at radius 1 is 1.07 bits per heavy atom. The maximum atomic E-state index is 11.8. The van der Waals surface area contributed by atoms with Gasteiger partial charge in [0.1, 0.15) is 5.69 Å². The number of carbonyl (C=O) groups excluding carboxylic acids is 1. The lowest BCUT2D eigenvalue weighted by Crippen LogP contribution is -2.06. The zero-order valence-corrected chi connectivity index (χ0v) is 16.3. The van der Waals surface area contributed by atoms with Crippen LogP contribution in [0.4, 0.5) is 0 Å². The van der Waals surface area contributed by atoms with Gasteiger partial charge in [-0.25, -0.2) is 9.78 Å². The number of esters is 1. The Morgan fingerprint density at radius 3 is 2.67 bits per heavy atom. The third-order valence-corrected chi connectivity index (χ3v) is 4.98. The fourth-order valence-electron chi connectivity index (χ4n) is 3.24. The van der Waals surface area contributed by atoms with Crippen LogP contribution in [0.1, 0.15) is 21.7 Å². The van der Waals surface area contributed by atoms with Crippen molar-refractivity contribution in [3.8, 4) is 11.3 Å². The number of pyridine rings is 1. The van der Waals surface area contributed by atoms with Gasteiger partial charge in [0.15, 0.2) is 0 Å². The Hall–Kier alpha value is -2.92. The molecule has 4 nitrogen and oxygen atoms in total. The molecule has 4 aromatic rings. The van der Waals surface area contributed by atoms with Crippen LogP contribution in [0.25, 0.3) is 22.2 Å². The molecule has 0 radical (unpaired) electrons. The van der Waals surface area contributed by atoms with Gasteiger partial charge >= 0.3 is 5.97 Å². The molecule has 134 valence electrons. The van der Waals surface area contributed by atoms with Crippen LogP contribution >= 0.6 is 15.9 Å². The predicted octanol–water partition coefficient (Wildman–Crippen LogP) is 5.37. The van der Waals surface area contributed by atoms with Gasteiger partial charge in [0.2, 0.25) is 0 Å². The summed E-state index contributed by atoms with van der Waals surface area (Å²) in [6.07, 6.45) is 0.608. The van der Waals surface area contributed by atoms with E-state index in [9.17, 15) is 4.79 Å². The fraction of sp³-hybridized carbons (Fsp3) is 0.0909. The average molecular weight is 421 g/mol. The molecule has 0 spiro atoms. The lowest BCUT2D eigenvalue weighted by atomic mass is 10.0. The first-order valence-corrected chi connectivity index (χ1v) is 9.35. The Balaban J connectivity index is 1.84. The predicted molar refractivity (Wildman–Crippen MR) is 110 cm³/mol. The number of methoxy groups -OCH3 is 1. The highest BCUT2D eigenvalue weighted by Crippen LogP contribution is 2.33. The number of rotatable bonds is 4. The number of fused-ring (bicyclic) bond motifs is 1. The Morgan fingerprint density at radius 2 is 1.89 bits per heavy atom. The monoisotopic (exact) mass is 420 g/mol. The lowest BCUT2D eigenvalue weighted by molar-refractivity contribution is 0.0593. The smallest absolute Gasteiger partial charge is 0.356 e. The zero-order chi connectivity index (χ0) is 18.8. The summed E-state index contributed by atoms with van der Waals surface area (Å²) in [6.45, 7) is 0. The summed E-state index contributed by atoms with van der Waals surface area (Å²) < 4.78 is 5.81. The van der Waals surface area contributed by atoms with E-state index in [4.69, 9.17) is 4.74 Å². The largest absolute Gasteiger partial charge is 0.464 e. The van der Waals surface area contributed by atoms with Crippen molar-refractivity contribution >= 4 is 32.8 Å². The van der Waals surface area contributed by atoms with Crippen molar-refractivity contribution < 1.29 is 9.53 Å². The van der Waals surface area contributed by atoms with E-state index in [1.54, 1.807) is 6.07 Å². The molecule has 0 saturated heterocycles. The van der Waals surface area contributed by atoms with E-state index in [-0.39, 0.29) is 0 Å². The van der Waals surface area contributed by atoms with Gasteiger partial charge in [-0.1, -0.05) is 58.4 Å². The molecular formula is C22H17BrN2O2. The molecule has 0 atom stereocenters. The molecule has 2 aromatic carbocycles. The van der Waals surface area contributed by atoms with Gasteiger partial charge in [0.05, 0.1) is 12.8 Å². The molecular weight excluding hydrogens is 404 g/mol. The number of nitrogens with one attached hydrogen (secondary N) is 1. The third-order valence-electron chi connectivity index (χ3n) is 4.49. The number of nitrogens with zero attached hydrogens (tertiary/aromatic N) is 1. The van der Waals surface area contributed by atoms with Crippen molar-refractivity contribution in [3.05, 3.63) is 88.2 Å². The van der Waals surface area contributed by atoms with Gasteiger partial charge in [-0.3, -0.25) is 0 Å². The van der Waals surface area contributed by atoms with Gasteiger partial charge in [-0.2, -0.15) is 0 Å². The molecule has 4 rings (SSSR count). The topological polar surface area (TPSA) is 55.0 Å². The summed E-state index contributed by atoms with van der Waals surface area (Å²) >= 11 is 3.54. The van der Waals surface area contributed by atoms with Gasteiger partial charge < -0.3 is 9.72 Å². The maximum Gasteiger partial charge on any atom is 0.356 e. The second-order valence-corrected chi connectivity index (χ2v) is 7.13. The lowest BCUT2D eigenvalue weighted by Gasteiger charge is -2.07. The minimum atomic E-state index is -0.428. The van der Waals surface area contributed by atoms with E-state index >= 15 is 0 Å². The first-order chi connectivity index (χ1) is 13.2. The first kappa shape index (κ1) is 17.5. The molecule has 0 saturated carbocycles. The van der Waals surface area contributed by atoms with E-state index in [1.165, 1.54) is 7.11 Å². The van der Waals surface area contributed by atoms with Crippen LogP contribution in [-0.4, -0.2) is 23.0 Å². The molecule has 0 aliphatic rings. The minimum Gasteiger partial charge on any atom is -0.464 e. The van der Waals surface area contributed by atoms with Crippen molar-refractivity contribution in [3.63, 3.8) is 0 Å². The number of hydrogen-bond acceptors (Lipinski definition) is 3. The van der Waals surface area contributed by atoms with Gasteiger partial charge in [-0.05, 0) is 35.4 Å². The normalized spacial score (nSPS) is 10.9. The first-order valence-electron chi connectivity index (χ1n) is 8.55. The highest BCUT2D eigenvalue weighted by Gasteiger charge is 2.15. The Bertz CT molecular complexity index is 1120. The molecule has 0 bridgehead atoms. The van der Waals surface area contributed by atoms with Crippen molar-refractivity contribution in [2.75, 3.05) is 7.11 Å². The van der Waals surface area contributed by atoms with Crippen LogP contribution in [0.5, 0.6) is 0 Å². The summed E-state index contributed by atoms with van der Waals surface area (Å²) in [5, 5.41) is 1.14. The molecule has 0 aliphatic heterocycles. The van der Waals surface area contributed by atoms with Crippen LogP contribution in [0.15, 0.2) is 71.2 Å². The molecule has 0 unspecified atom stereocenters. The van der Waals surface area contributed by atoms with Crippen LogP contribution in [-0.2, 0) is 11.2 Å². The Kier molecular flexibility index (Phi) is 4.77. The summed E-state index contributed by atoms with van der Waals surface area (Å²) in [5.74, 6) is -0.428.